The predicted molar refractivity (Wildman–Crippen MR) is 97.1 cm³/mol. The molecular weight excluding hydrogens is 347 g/mol. The minimum atomic E-state index is -0.444. The van der Waals surface area contributed by atoms with E-state index in [4.69, 9.17) is 11.6 Å². The fourth-order valence-electron chi connectivity index (χ4n) is 2.17. The van der Waals surface area contributed by atoms with Crippen LogP contribution in [0.5, 0.6) is 0 Å². The molecule has 0 aliphatic carbocycles. The lowest BCUT2D eigenvalue weighted by Gasteiger charge is -2.13. The van der Waals surface area contributed by atoms with Crippen LogP contribution in [0.2, 0.25) is 5.02 Å². The first-order valence-corrected chi connectivity index (χ1v) is 8.57. The summed E-state index contributed by atoms with van der Waals surface area (Å²) in [4.78, 5) is 16.8. The van der Waals surface area contributed by atoms with E-state index in [9.17, 15) is 9.18 Å². The van der Waals surface area contributed by atoms with E-state index in [1.807, 2.05) is 36.4 Å². The molecule has 0 fully saturated rings. The Bertz CT molecular complexity index is 903. The lowest BCUT2D eigenvalue weighted by molar-refractivity contribution is -0.115. The van der Waals surface area contributed by atoms with Gasteiger partial charge in [0.15, 0.2) is 0 Å². The third-order valence-corrected chi connectivity index (χ3v) is 4.78. The molecule has 0 bridgehead atoms. The number of fused-ring (bicyclic) bond motifs is 1. The summed E-state index contributed by atoms with van der Waals surface area (Å²) in [6, 6.07) is 15.5. The number of aromatic nitrogens is 1. The van der Waals surface area contributed by atoms with Crippen molar-refractivity contribution in [1.29, 1.82) is 0 Å². The van der Waals surface area contributed by atoms with E-state index in [2.05, 4.69) is 10.3 Å². The van der Waals surface area contributed by atoms with Crippen LogP contribution in [0.25, 0.3) is 10.9 Å². The van der Waals surface area contributed by atoms with Crippen molar-refractivity contribution in [2.24, 2.45) is 0 Å². The molecule has 24 heavy (non-hydrogen) atoms. The average molecular weight is 361 g/mol. The van der Waals surface area contributed by atoms with Crippen LogP contribution in [-0.4, -0.2) is 16.1 Å². The number of amides is 1. The SMILES string of the molecule is CC(Sc1ccc2ccccc2n1)C(=O)Nc1ccc(F)cc1Cl. The molecule has 1 unspecified atom stereocenters. The Morgan fingerprint density at radius 1 is 1.21 bits per heavy atom. The first-order chi connectivity index (χ1) is 11.5. The molecule has 0 saturated heterocycles. The van der Waals surface area contributed by atoms with Crippen molar-refractivity contribution in [3.05, 3.63) is 65.4 Å². The summed E-state index contributed by atoms with van der Waals surface area (Å²) >= 11 is 7.28. The third-order valence-electron chi connectivity index (χ3n) is 3.43. The zero-order valence-electron chi connectivity index (χ0n) is 12.8. The van der Waals surface area contributed by atoms with Crippen molar-refractivity contribution < 1.29 is 9.18 Å². The molecule has 3 nitrogen and oxygen atoms in total. The molecule has 1 atom stereocenters. The number of thioether (sulfide) groups is 1. The van der Waals surface area contributed by atoms with Crippen LogP contribution in [0.3, 0.4) is 0 Å². The lowest BCUT2D eigenvalue weighted by Crippen LogP contribution is -2.22. The molecule has 0 radical (unpaired) electrons. The van der Waals surface area contributed by atoms with E-state index in [-0.39, 0.29) is 16.2 Å². The van der Waals surface area contributed by atoms with Gasteiger partial charge in [-0.2, -0.15) is 0 Å². The van der Waals surface area contributed by atoms with Gasteiger partial charge in [-0.1, -0.05) is 47.6 Å². The maximum Gasteiger partial charge on any atom is 0.237 e. The second-order valence-electron chi connectivity index (χ2n) is 5.22. The Morgan fingerprint density at radius 2 is 2.00 bits per heavy atom. The summed E-state index contributed by atoms with van der Waals surface area (Å²) in [5.74, 6) is -0.663. The van der Waals surface area contributed by atoms with Gasteiger partial charge in [0.25, 0.3) is 0 Å². The molecule has 3 rings (SSSR count). The van der Waals surface area contributed by atoms with Gasteiger partial charge in [-0.3, -0.25) is 4.79 Å². The standard InChI is InChI=1S/C18H14ClFN2OS/c1-11(18(23)22-16-8-7-13(20)10-14(16)19)24-17-9-6-12-4-2-3-5-15(12)21-17/h2-11H,1H3,(H,22,23). The highest BCUT2D eigenvalue weighted by atomic mass is 35.5. The van der Waals surface area contributed by atoms with Gasteiger partial charge in [0.2, 0.25) is 5.91 Å². The number of hydrogen-bond donors (Lipinski definition) is 1. The molecule has 1 aromatic heterocycles. The van der Waals surface area contributed by atoms with Crippen LogP contribution in [0.15, 0.2) is 59.6 Å². The van der Waals surface area contributed by atoms with Crippen LogP contribution in [0.4, 0.5) is 10.1 Å². The fourth-order valence-corrected chi connectivity index (χ4v) is 3.21. The Kier molecular flexibility index (Phi) is 5.02. The topological polar surface area (TPSA) is 42.0 Å². The van der Waals surface area contributed by atoms with Crippen LogP contribution in [0, 0.1) is 5.82 Å². The number of carbonyl (C=O) groups excluding carboxylic acids is 1. The zero-order chi connectivity index (χ0) is 17.1. The van der Waals surface area contributed by atoms with Crippen LogP contribution < -0.4 is 5.32 Å². The number of para-hydroxylation sites is 1. The largest absolute Gasteiger partial charge is 0.324 e. The molecule has 122 valence electrons. The summed E-state index contributed by atoms with van der Waals surface area (Å²) in [6.45, 7) is 1.79. The van der Waals surface area contributed by atoms with Gasteiger partial charge in [0, 0.05) is 5.39 Å². The maximum absolute atomic E-state index is 13.0. The highest BCUT2D eigenvalue weighted by Gasteiger charge is 2.16. The van der Waals surface area contributed by atoms with Crippen molar-refractivity contribution >= 4 is 45.9 Å². The number of halogens is 2. The summed E-state index contributed by atoms with van der Waals surface area (Å²) in [6.07, 6.45) is 0. The van der Waals surface area contributed by atoms with Gasteiger partial charge in [-0.25, -0.2) is 9.37 Å². The van der Waals surface area contributed by atoms with Gasteiger partial charge < -0.3 is 5.32 Å². The Hall–Kier alpha value is -2.11. The Morgan fingerprint density at radius 3 is 2.79 bits per heavy atom. The van der Waals surface area contributed by atoms with Crippen LogP contribution in [0.1, 0.15) is 6.92 Å². The summed E-state index contributed by atoms with van der Waals surface area (Å²) in [5.41, 5.74) is 1.28. The van der Waals surface area contributed by atoms with Gasteiger partial charge >= 0.3 is 0 Å². The first-order valence-electron chi connectivity index (χ1n) is 7.31. The van der Waals surface area contributed by atoms with E-state index in [1.54, 1.807) is 6.92 Å². The van der Waals surface area contributed by atoms with Crippen LogP contribution in [-0.2, 0) is 4.79 Å². The average Bonchev–Trinajstić information content (AvgIpc) is 2.57. The number of anilines is 1. The number of carbonyl (C=O) groups is 1. The molecule has 0 aliphatic rings. The highest BCUT2D eigenvalue weighted by molar-refractivity contribution is 8.00. The van der Waals surface area contributed by atoms with Gasteiger partial charge in [-0.05, 0) is 37.3 Å². The predicted octanol–water partition coefficient (Wildman–Crippen LogP) is 5.15. The zero-order valence-corrected chi connectivity index (χ0v) is 14.4. The molecule has 0 saturated carbocycles. The number of nitrogens with one attached hydrogen (secondary N) is 1. The van der Waals surface area contributed by atoms with Gasteiger partial charge in [0.1, 0.15) is 5.82 Å². The Balaban J connectivity index is 1.70. The number of pyridine rings is 1. The van der Waals surface area contributed by atoms with E-state index in [1.165, 1.54) is 30.0 Å². The maximum atomic E-state index is 13.0. The minimum absolute atomic E-state index is 0.171. The second kappa shape index (κ2) is 7.20. The van der Waals surface area contributed by atoms with E-state index in [0.717, 1.165) is 15.9 Å². The van der Waals surface area contributed by atoms with E-state index in [0.29, 0.717) is 5.69 Å². The molecule has 2 aromatic carbocycles. The number of rotatable bonds is 4. The van der Waals surface area contributed by atoms with Crippen molar-refractivity contribution in [3.8, 4) is 0 Å². The second-order valence-corrected chi connectivity index (χ2v) is 6.98. The number of nitrogens with zero attached hydrogens (tertiary/aromatic N) is 1. The molecule has 6 heteroatoms. The number of hydrogen-bond acceptors (Lipinski definition) is 3. The normalized spacial score (nSPS) is 12.1. The molecular formula is C18H14ClFN2OS. The van der Waals surface area contributed by atoms with E-state index >= 15 is 0 Å². The third kappa shape index (κ3) is 3.86. The van der Waals surface area contributed by atoms with Gasteiger partial charge in [-0.15, -0.1) is 0 Å². The quantitative estimate of drug-likeness (QED) is 0.654. The fraction of sp³-hybridized carbons (Fsp3) is 0.111. The molecule has 1 N–H and O–H groups in total. The lowest BCUT2D eigenvalue weighted by atomic mass is 10.2. The summed E-state index contributed by atoms with van der Waals surface area (Å²) < 4.78 is 13.0. The minimum Gasteiger partial charge on any atom is -0.324 e. The first kappa shape index (κ1) is 16.7. The van der Waals surface area contributed by atoms with Crippen LogP contribution >= 0.6 is 23.4 Å². The van der Waals surface area contributed by atoms with E-state index < -0.39 is 5.82 Å². The molecule has 1 heterocycles. The van der Waals surface area contributed by atoms with Crippen molar-refractivity contribution in [3.63, 3.8) is 0 Å². The van der Waals surface area contributed by atoms with Crippen molar-refractivity contribution in [2.45, 2.75) is 17.2 Å². The summed E-state index contributed by atoms with van der Waals surface area (Å²) in [5, 5.41) is 4.32. The molecule has 0 spiro atoms. The van der Waals surface area contributed by atoms with Crippen molar-refractivity contribution in [1.82, 2.24) is 4.98 Å². The smallest absolute Gasteiger partial charge is 0.237 e. The van der Waals surface area contributed by atoms with Gasteiger partial charge in [0.05, 0.1) is 26.5 Å². The summed E-state index contributed by atoms with van der Waals surface area (Å²) in [7, 11) is 0. The molecule has 0 aliphatic heterocycles. The highest BCUT2D eigenvalue weighted by Crippen LogP contribution is 2.27. The molecule has 1 amide bonds. The number of benzene rings is 2. The monoisotopic (exact) mass is 360 g/mol. The molecule has 3 aromatic rings. The Labute approximate surface area is 148 Å². The van der Waals surface area contributed by atoms with Crippen molar-refractivity contribution in [2.75, 3.05) is 5.32 Å².